The van der Waals surface area contributed by atoms with Crippen molar-refractivity contribution < 1.29 is 0 Å². The number of nitrogens with one attached hydrogen (secondary N) is 1. The van der Waals surface area contributed by atoms with Crippen molar-refractivity contribution in [1.29, 1.82) is 0 Å². The van der Waals surface area contributed by atoms with Crippen molar-refractivity contribution in [2.24, 2.45) is 5.92 Å². The van der Waals surface area contributed by atoms with Gasteiger partial charge >= 0.3 is 0 Å². The SMILES string of the molecule is Cc1ccc(NC(C)CC2CCC2)cc1I. The number of hydrogen-bond donors (Lipinski definition) is 1. The van der Waals surface area contributed by atoms with Crippen molar-refractivity contribution in [3.63, 3.8) is 0 Å². The van der Waals surface area contributed by atoms with E-state index >= 15 is 0 Å². The topological polar surface area (TPSA) is 12.0 Å². The molecule has 0 heterocycles. The molecule has 2 rings (SSSR count). The summed E-state index contributed by atoms with van der Waals surface area (Å²) in [6, 6.07) is 7.23. The molecule has 0 amide bonds. The van der Waals surface area contributed by atoms with E-state index in [1.54, 1.807) is 0 Å². The minimum atomic E-state index is 0.601. The van der Waals surface area contributed by atoms with E-state index in [0.717, 1.165) is 5.92 Å². The Labute approximate surface area is 112 Å². The zero-order valence-corrected chi connectivity index (χ0v) is 12.3. The highest BCUT2D eigenvalue weighted by molar-refractivity contribution is 14.1. The molecule has 1 fully saturated rings. The zero-order chi connectivity index (χ0) is 11.5. The Hall–Kier alpha value is -0.250. The molecule has 2 heteroatoms. The fraction of sp³-hybridized carbons (Fsp3) is 0.571. The fourth-order valence-electron chi connectivity index (χ4n) is 2.25. The molecule has 0 aliphatic heterocycles. The largest absolute Gasteiger partial charge is 0.383 e. The Morgan fingerprint density at radius 2 is 2.19 bits per heavy atom. The van der Waals surface area contributed by atoms with Gasteiger partial charge < -0.3 is 5.32 Å². The van der Waals surface area contributed by atoms with Crippen LogP contribution >= 0.6 is 22.6 Å². The highest BCUT2D eigenvalue weighted by Gasteiger charge is 2.19. The van der Waals surface area contributed by atoms with Crippen LogP contribution in [0.1, 0.15) is 38.2 Å². The third-order valence-corrected chi connectivity index (χ3v) is 4.66. The minimum Gasteiger partial charge on any atom is -0.383 e. The van der Waals surface area contributed by atoms with Crippen LogP contribution in [0.25, 0.3) is 0 Å². The molecule has 1 N–H and O–H groups in total. The van der Waals surface area contributed by atoms with E-state index in [1.165, 1.54) is 40.5 Å². The molecular weight excluding hydrogens is 309 g/mol. The van der Waals surface area contributed by atoms with Crippen molar-refractivity contribution in [2.75, 3.05) is 5.32 Å². The van der Waals surface area contributed by atoms with Crippen LogP contribution in [0.2, 0.25) is 0 Å². The third kappa shape index (κ3) is 3.12. The zero-order valence-electron chi connectivity index (χ0n) is 10.1. The van der Waals surface area contributed by atoms with Crippen LogP contribution in [0.3, 0.4) is 0 Å². The summed E-state index contributed by atoms with van der Waals surface area (Å²) in [6.45, 7) is 4.45. The highest BCUT2D eigenvalue weighted by Crippen LogP contribution is 2.31. The third-order valence-electron chi connectivity index (χ3n) is 3.50. The van der Waals surface area contributed by atoms with E-state index in [4.69, 9.17) is 0 Å². The van der Waals surface area contributed by atoms with Gasteiger partial charge in [-0.15, -0.1) is 0 Å². The minimum absolute atomic E-state index is 0.601. The second kappa shape index (κ2) is 5.39. The van der Waals surface area contributed by atoms with Gasteiger partial charge in [-0.3, -0.25) is 0 Å². The second-order valence-corrected chi connectivity index (χ2v) is 6.20. The normalized spacial score (nSPS) is 17.9. The molecule has 1 unspecified atom stereocenters. The van der Waals surface area contributed by atoms with Crippen LogP contribution in [0.5, 0.6) is 0 Å². The average molecular weight is 329 g/mol. The molecular formula is C14H20IN. The van der Waals surface area contributed by atoms with E-state index in [-0.39, 0.29) is 0 Å². The summed E-state index contributed by atoms with van der Waals surface area (Å²) < 4.78 is 1.35. The number of aryl methyl sites for hydroxylation is 1. The van der Waals surface area contributed by atoms with Gasteiger partial charge in [0.15, 0.2) is 0 Å². The first kappa shape index (κ1) is 12.2. The van der Waals surface area contributed by atoms with Gasteiger partial charge in [0.1, 0.15) is 0 Å². The summed E-state index contributed by atoms with van der Waals surface area (Å²) in [5.74, 6) is 0.979. The first-order valence-corrected chi connectivity index (χ1v) is 7.25. The van der Waals surface area contributed by atoms with Crippen LogP contribution < -0.4 is 5.32 Å². The molecule has 1 aliphatic carbocycles. The van der Waals surface area contributed by atoms with Crippen molar-refractivity contribution >= 4 is 28.3 Å². The van der Waals surface area contributed by atoms with Crippen LogP contribution in [-0.2, 0) is 0 Å². The molecule has 1 atom stereocenters. The molecule has 0 saturated heterocycles. The number of anilines is 1. The van der Waals surface area contributed by atoms with Gasteiger partial charge in [0.05, 0.1) is 0 Å². The lowest BCUT2D eigenvalue weighted by Gasteiger charge is -2.29. The van der Waals surface area contributed by atoms with Crippen molar-refractivity contribution in [3.8, 4) is 0 Å². The van der Waals surface area contributed by atoms with Gasteiger partial charge in [-0.1, -0.05) is 25.3 Å². The molecule has 1 aliphatic rings. The Bertz CT molecular complexity index is 358. The molecule has 1 aromatic carbocycles. The molecule has 0 bridgehead atoms. The van der Waals surface area contributed by atoms with Crippen molar-refractivity contribution in [3.05, 3.63) is 27.3 Å². The first-order chi connectivity index (χ1) is 7.65. The second-order valence-electron chi connectivity index (χ2n) is 5.04. The molecule has 0 aromatic heterocycles. The van der Waals surface area contributed by atoms with Crippen LogP contribution in [0.15, 0.2) is 18.2 Å². The fourth-order valence-corrected chi connectivity index (χ4v) is 2.77. The maximum absolute atomic E-state index is 3.60. The van der Waals surface area contributed by atoms with Crippen LogP contribution in [0.4, 0.5) is 5.69 Å². The molecule has 1 aromatic rings. The Kier molecular flexibility index (Phi) is 4.11. The highest BCUT2D eigenvalue weighted by atomic mass is 127. The smallest absolute Gasteiger partial charge is 0.0353 e. The lowest BCUT2D eigenvalue weighted by atomic mass is 9.81. The van der Waals surface area contributed by atoms with Crippen molar-refractivity contribution in [1.82, 2.24) is 0 Å². The average Bonchev–Trinajstić information content (AvgIpc) is 2.18. The van der Waals surface area contributed by atoms with E-state index in [1.807, 2.05) is 0 Å². The Morgan fingerprint density at radius 3 is 2.75 bits per heavy atom. The molecule has 0 radical (unpaired) electrons. The summed E-state index contributed by atoms with van der Waals surface area (Å²) in [5.41, 5.74) is 2.62. The summed E-state index contributed by atoms with van der Waals surface area (Å²) in [6.07, 6.45) is 5.65. The molecule has 16 heavy (non-hydrogen) atoms. The summed E-state index contributed by atoms with van der Waals surface area (Å²) in [4.78, 5) is 0. The summed E-state index contributed by atoms with van der Waals surface area (Å²) in [7, 11) is 0. The van der Waals surface area contributed by atoms with Gasteiger partial charge in [-0.05, 0) is 66.5 Å². The number of halogens is 1. The van der Waals surface area contributed by atoms with Gasteiger partial charge in [-0.25, -0.2) is 0 Å². The summed E-state index contributed by atoms with van der Waals surface area (Å²) >= 11 is 2.40. The number of hydrogen-bond acceptors (Lipinski definition) is 1. The molecule has 0 spiro atoms. The lowest BCUT2D eigenvalue weighted by Crippen LogP contribution is -2.23. The van der Waals surface area contributed by atoms with Gasteiger partial charge in [0.2, 0.25) is 0 Å². The van der Waals surface area contributed by atoms with E-state index in [9.17, 15) is 0 Å². The van der Waals surface area contributed by atoms with E-state index < -0.39 is 0 Å². The predicted molar refractivity (Wildman–Crippen MR) is 78.9 cm³/mol. The maximum atomic E-state index is 3.60. The first-order valence-electron chi connectivity index (χ1n) is 6.18. The van der Waals surface area contributed by atoms with E-state index in [0.29, 0.717) is 6.04 Å². The van der Waals surface area contributed by atoms with Crippen LogP contribution in [0, 0.1) is 16.4 Å². The van der Waals surface area contributed by atoms with Gasteiger partial charge in [-0.2, -0.15) is 0 Å². The van der Waals surface area contributed by atoms with Gasteiger partial charge in [0, 0.05) is 15.3 Å². The quantitative estimate of drug-likeness (QED) is 0.797. The van der Waals surface area contributed by atoms with Crippen molar-refractivity contribution in [2.45, 2.75) is 45.6 Å². The standard InChI is InChI=1S/C14H20IN/c1-10-6-7-13(9-14(10)15)16-11(2)8-12-4-3-5-12/h6-7,9,11-12,16H,3-5,8H2,1-2H3. The maximum Gasteiger partial charge on any atom is 0.0353 e. The number of rotatable bonds is 4. The van der Waals surface area contributed by atoms with E-state index in [2.05, 4.69) is 60.0 Å². The number of benzene rings is 1. The summed E-state index contributed by atoms with van der Waals surface area (Å²) in [5, 5.41) is 3.60. The molecule has 1 nitrogen and oxygen atoms in total. The Balaban J connectivity index is 1.89. The molecule has 88 valence electrons. The monoisotopic (exact) mass is 329 g/mol. The van der Waals surface area contributed by atoms with Gasteiger partial charge in [0.25, 0.3) is 0 Å². The van der Waals surface area contributed by atoms with Crippen LogP contribution in [-0.4, -0.2) is 6.04 Å². The predicted octanol–water partition coefficient (Wildman–Crippen LogP) is 4.59. The lowest BCUT2D eigenvalue weighted by molar-refractivity contribution is 0.286. The molecule has 1 saturated carbocycles. The Morgan fingerprint density at radius 1 is 1.44 bits per heavy atom.